The van der Waals surface area contributed by atoms with Crippen LogP contribution in [0.25, 0.3) is 0 Å². The van der Waals surface area contributed by atoms with Gasteiger partial charge in [0.05, 0.1) is 11.2 Å². The van der Waals surface area contributed by atoms with E-state index in [1.54, 1.807) is 0 Å². The normalized spacial score (nSPS) is 15.1. The van der Waals surface area contributed by atoms with Gasteiger partial charge in [-0.15, -0.1) is 0 Å². The van der Waals surface area contributed by atoms with Gasteiger partial charge in [0.25, 0.3) is 5.91 Å². The summed E-state index contributed by atoms with van der Waals surface area (Å²) < 4.78 is 0. The highest BCUT2D eigenvalue weighted by Crippen LogP contribution is 2.21. The number of hydrogen-bond donors (Lipinski definition) is 1. The van der Waals surface area contributed by atoms with E-state index in [2.05, 4.69) is 15.3 Å². The van der Waals surface area contributed by atoms with Crippen LogP contribution in [0.2, 0.25) is 5.02 Å². The molecule has 1 fully saturated rings. The Morgan fingerprint density at radius 3 is 3.00 bits per heavy atom. The molecule has 1 heterocycles. The van der Waals surface area contributed by atoms with E-state index in [9.17, 15) is 4.79 Å². The predicted molar refractivity (Wildman–Crippen MR) is 59.3 cm³/mol. The molecule has 0 aromatic carbocycles. The lowest BCUT2D eigenvalue weighted by molar-refractivity contribution is 0.0945. The fourth-order valence-electron chi connectivity index (χ4n) is 1.09. The van der Waals surface area contributed by atoms with Crippen molar-refractivity contribution in [1.82, 2.24) is 15.3 Å². The summed E-state index contributed by atoms with van der Waals surface area (Å²) in [5, 5.41) is 3.69. The van der Waals surface area contributed by atoms with Gasteiger partial charge in [-0.3, -0.25) is 4.79 Å². The number of amides is 1. The number of halogens is 1. The highest BCUT2D eigenvalue weighted by molar-refractivity contribution is 7.98. The van der Waals surface area contributed by atoms with E-state index in [1.807, 2.05) is 6.26 Å². The quantitative estimate of drug-likeness (QED) is 0.649. The van der Waals surface area contributed by atoms with Crippen molar-refractivity contribution in [1.29, 1.82) is 0 Å². The summed E-state index contributed by atoms with van der Waals surface area (Å²) in [4.78, 5) is 19.7. The summed E-state index contributed by atoms with van der Waals surface area (Å²) in [6, 6.07) is 0.307. The van der Waals surface area contributed by atoms with Crippen molar-refractivity contribution >= 4 is 29.3 Å². The lowest BCUT2D eigenvalue weighted by Crippen LogP contribution is -2.26. The minimum Gasteiger partial charge on any atom is -0.348 e. The lowest BCUT2D eigenvalue weighted by atomic mass is 10.4. The van der Waals surface area contributed by atoms with Gasteiger partial charge in [0, 0.05) is 6.04 Å². The molecule has 80 valence electrons. The predicted octanol–water partition coefficient (Wildman–Crippen LogP) is 1.74. The van der Waals surface area contributed by atoms with Crippen molar-refractivity contribution in [3.05, 3.63) is 16.9 Å². The second-order valence-corrected chi connectivity index (χ2v) is 4.48. The number of hydrogen-bond acceptors (Lipinski definition) is 4. The molecule has 0 bridgehead atoms. The van der Waals surface area contributed by atoms with Crippen molar-refractivity contribution in [3.8, 4) is 0 Å². The van der Waals surface area contributed by atoms with Gasteiger partial charge in [-0.05, 0) is 19.1 Å². The molecule has 1 saturated carbocycles. The molecular formula is C9H10ClN3OS. The summed E-state index contributed by atoms with van der Waals surface area (Å²) in [5.74, 6) is -0.208. The summed E-state index contributed by atoms with van der Waals surface area (Å²) in [6.07, 6.45) is 5.40. The van der Waals surface area contributed by atoms with Crippen LogP contribution in [0, 0.1) is 0 Å². The van der Waals surface area contributed by atoms with Gasteiger partial charge in [-0.2, -0.15) is 0 Å². The largest absolute Gasteiger partial charge is 0.348 e. The fraction of sp³-hybridized carbons (Fsp3) is 0.444. The molecule has 6 heteroatoms. The van der Waals surface area contributed by atoms with Crippen molar-refractivity contribution in [2.24, 2.45) is 0 Å². The van der Waals surface area contributed by atoms with E-state index in [4.69, 9.17) is 11.6 Å². The molecule has 1 aliphatic rings. The Morgan fingerprint density at radius 1 is 1.67 bits per heavy atom. The van der Waals surface area contributed by atoms with Crippen LogP contribution in [0.15, 0.2) is 11.4 Å². The van der Waals surface area contributed by atoms with Crippen LogP contribution in [0.4, 0.5) is 0 Å². The second-order valence-electron chi connectivity index (χ2n) is 3.30. The topological polar surface area (TPSA) is 54.9 Å². The Labute approximate surface area is 96.8 Å². The van der Waals surface area contributed by atoms with E-state index >= 15 is 0 Å². The Bertz CT molecular complexity index is 395. The van der Waals surface area contributed by atoms with E-state index < -0.39 is 0 Å². The Hall–Kier alpha value is -0.810. The molecule has 0 saturated heterocycles. The van der Waals surface area contributed by atoms with Crippen LogP contribution in [0.1, 0.15) is 23.3 Å². The van der Waals surface area contributed by atoms with Crippen LogP contribution in [0.5, 0.6) is 0 Å². The number of nitrogens with one attached hydrogen (secondary N) is 1. The van der Waals surface area contributed by atoms with Gasteiger partial charge in [0.2, 0.25) is 0 Å². The molecule has 0 radical (unpaired) electrons. The summed E-state index contributed by atoms with van der Waals surface area (Å²) in [5.41, 5.74) is 0.267. The van der Waals surface area contributed by atoms with E-state index in [-0.39, 0.29) is 11.6 Å². The monoisotopic (exact) mass is 243 g/mol. The maximum atomic E-state index is 11.7. The first-order valence-electron chi connectivity index (χ1n) is 4.58. The summed E-state index contributed by atoms with van der Waals surface area (Å²) >= 11 is 7.24. The average Bonchev–Trinajstić information content (AvgIpc) is 3.02. The summed E-state index contributed by atoms with van der Waals surface area (Å²) in [6.45, 7) is 0. The van der Waals surface area contributed by atoms with Crippen molar-refractivity contribution in [2.45, 2.75) is 24.0 Å². The zero-order valence-corrected chi connectivity index (χ0v) is 9.73. The number of carbonyl (C=O) groups is 1. The molecule has 0 spiro atoms. The maximum Gasteiger partial charge on any atom is 0.271 e. The Morgan fingerprint density at radius 2 is 2.40 bits per heavy atom. The summed E-state index contributed by atoms with van der Waals surface area (Å²) in [7, 11) is 0. The number of thioether (sulfide) groups is 1. The molecule has 1 amide bonds. The first kappa shape index (κ1) is 10.7. The molecule has 0 unspecified atom stereocenters. The molecule has 0 aliphatic heterocycles. The first-order chi connectivity index (χ1) is 7.20. The molecule has 4 nitrogen and oxygen atoms in total. The number of nitrogens with zero attached hydrogens (tertiary/aromatic N) is 2. The smallest absolute Gasteiger partial charge is 0.271 e. The zero-order valence-electron chi connectivity index (χ0n) is 8.16. The lowest BCUT2D eigenvalue weighted by Gasteiger charge is -2.04. The van der Waals surface area contributed by atoms with Crippen molar-refractivity contribution in [3.63, 3.8) is 0 Å². The minimum atomic E-state index is -0.208. The third-order valence-corrected chi connectivity index (χ3v) is 2.87. The van der Waals surface area contributed by atoms with Crippen LogP contribution in [-0.2, 0) is 0 Å². The molecule has 1 N–H and O–H groups in total. The average molecular weight is 244 g/mol. The van der Waals surface area contributed by atoms with Gasteiger partial charge in [0.15, 0.2) is 10.9 Å². The van der Waals surface area contributed by atoms with Crippen LogP contribution in [0.3, 0.4) is 0 Å². The highest BCUT2D eigenvalue weighted by atomic mass is 35.5. The van der Waals surface area contributed by atoms with Gasteiger partial charge in [0.1, 0.15) is 0 Å². The van der Waals surface area contributed by atoms with E-state index in [0.29, 0.717) is 16.2 Å². The third kappa shape index (κ3) is 2.60. The number of rotatable bonds is 3. The van der Waals surface area contributed by atoms with E-state index in [1.165, 1.54) is 18.0 Å². The Kier molecular flexibility index (Phi) is 3.11. The van der Waals surface area contributed by atoms with Crippen LogP contribution < -0.4 is 5.32 Å². The number of carbonyl (C=O) groups excluding carboxylic acids is 1. The SMILES string of the molecule is CSc1ncc(Cl)c(C(=O)NC2CC2)n1. The molecule has 1 aliphatic carbocycles. The number of aromatic nitrogens is 2. The van der Waals surface area contributed by atoms with Gasteiger partial charge in [-0.25, -0.2) is 9.97 Å². The van der Waals surface area contributed by atoms with Gasteiger partial charge < -0.3 is 5.32 Å². The molecule has 1 aromatic heterocycles. The third-order valence-electron chi connectivity index (χ3n) is 2.03. The van der Waals surface area contributed by atoms with Gasteiger partial charge >= 0.3 is 0 Å². The molecule has 2 rings (SSSR count). The fourth-order valence-corrected chi connectivity index (χ4v) is 1.61. The van der Waals surface area contributed by atoms with Crippen molar-refractivity contribution in [2.75, 3.05) is 6.26 Å². The first-order valence-corrected chi connectivity index (χ1v) is 6.18. The van der Waals surface area contributed by atoms with Crippen LogP contribution in [-0.4, -0.2) is 28.2 Å². The standard InChI is InChI=1S/C9H10ClN3OS/c1-15-9-11-4-6(10)7(13-9)8(14)12-5-2-3-5/h4-5H,2-3H2,1H3,(H,12,14). The van der Waals surface area contributed by atoms with Crippen LogP contribution >= 0.6 is 23.4 Å². The van der Waals surface area contributed by atoms with E-state index in [0.717, 1.165) is 12.8 Å². The zero-order chi connectivity index (χ0) is 10.8. The molecular weight excluding hydrogens is 234 g/mol. The second kappa shape index (κ2) is 4.37. The molecule has 1 aromatic rings. The van der Waals surface area contributed by atoms with Gasteiger partial charge in [-0.1, -0.05) is 23.4 Å². The minimum absolute atomic E-state index is 0.208. The molecule has 15 heavy (non-hydrogen) atoms. The van der Waals surface area contributed by atoms with Crippen molar-refractivity contribution < 1.29 is 4.79 Å². The maximum absolute atomic E-state index is 11.7. The molecule has 0 atom stereocenters. The highest BCUT2D eigenvalue weighted by Gasteiger charge is 2.25. The Balaban J connectivity index is 2.20.